The number of primary sulfonamides is 1. The van der Waals surface area contributed by atoms with E-state index in [9.17, 15) is 18.0 Å². The topological polar surface area (TPSA) is 123 Å². The van der Waals surface area contributed by atoms with Gasteiger partial charge in [-0.15, -0.1) is 0 Å². The van der Waals surface area contributed by atoms with Crippen molar-refractivity contribution in [1.82, 2.24) is 9.80 Å². The van der Waals surface area contributed by atoms with Gasteiger partial charge in [0.1, 0.15) is 11.7 Å². The molecule has 0 aliphatic carbocycles. The average Bonchev–Trinajstić information content (AvgIpc) is 3.35. The van der Waals surface area contributed by atoms with Gasteiger partial charge in [0.25, 0.3) is 11.8 Å². The summed E-state index contributed by atoms with van der Waals surface area (Å²) in [6.45, 7) is 2.31. The number of carbonyl (C=O) groups is 2. The van der Waals surface area contributed by atoms with Crippen LogP contribution < -0.4 is 5.14 Å². The predicted molar refractivity (Wildman–Crippen MR) is 99.0 cm³/mol. The summed E-state index contributed by atoms with van der Waals surface area (Å²) < 4.78 is 34.0. The van der Waals surface area contributed by atoms with Gasteiger partial charge in [-0.25, -0.2) is 13.6 Å². The van der Waals surface area contributed by atoms with Crippen LogP contribution in [0.25, 0.3) is 11.0 Å². The first-order chi connectivity index (χ1) is 13.3. The number of rotatable bonds is 3. The summed E-state index contributed by atoms with van der Waals surface area (Å²) in [5.41, 5.74) is 0.406. The second-order valence-corrected chi connectivity index (χ2v) is 8.54. The normalized spacial score (nSPS) is 20.7. The van der Waals surface area contributed by atoms with Crippen LogP contribution in [0.15, 0.2) is 33.6 Å². The van der Waals surface area contributed by atoms with Crippen molar-refractivity contribution in [2.75, 3.05) is 32.8 Å². The second-order valence-electron chi connectivity index (χ2n) is 6.97. The third kappa shape index (κ3) is 3.62. The maximum atomic E-state index is 12.7. The quantitative estimate of drug-likeness (QED) is 0.792. The standard InChI is InChI=1S/C18H21N3O6S/c19-28(24,25)13-3-4-14-12(10-13)11-16(27-14)18(23)21-7-5-20(6-8-21)17(22)15-2-1-9-26-15/h3-4,10-11,15H,1-2,5-9H2,(H2,19,24,25). The Balaban J connectivity index is 1.44. The summed E-state index contributed by atoms with van der Waals surface area (Å²) in [4.78, 5) is 28.5. The van der Waals surface area contributed by atoms with Crippen molar-refractivity contribution in [3.63, 3.8) is 0 Å². The number of nitrogens with two attached hydrogens (primary N) is 1. The van der Waals surface area contributed by atoms with Gasteiger partial charge in [0.05, 0.1) is 4.90 Å². The number of fused-ring (bicyclic) bond motifs is 1. The van der Waals surface area contributed by atoms with Gasteiger partial charge in [-0.2, -0.15) is 0 Å². The molecule has 1 aromatic carbocycles. The molecule has 1 aromatic heterocycles. The minimum absolute atomic E-state index is 0.0103. The summed E-state index contributed by atoms with van der Waals surface area (Å²) in [6.07, 6.45) is 1.29. The number of furan rings is 1. The van der Waals surface area contributed by atoms with Crippen molar-refractivity contribution in [1.29, 1.82) is 0 Å². The zero-order valence-electron chi connectivity index (χ0n) is 15.2. The monoisotopic (exact) mass is 407 g/mol. The number of nitrogens with zero attached hydrogens (tertiary/aromatic N) is 2. The molecule has 150 valence electrons. The summed E-state index contributed by atoms with van der Waals surface area (Å²) >= 11 is 0. The highest BCUT2D eigenvalue weighted by atomic mass is 32.2. The fourth-order valence-corrected chi connectivity index (χ4v) is 4.11. The van der Waals surface area contributed by atoms with E-state index < -0.39 is 10.0 Å². The molecule has 2 aromatic rings. The number of benzene rings is 1. The summed E-state index contributed by atoms with van der Waals surface area (Å²) in [7, 11) is -3.83. The molecule has 0 bridgehead atoms. The lowest BCUT2D eigenvalue weighted by Gasteiger charge is -2.35. The van der Waals surface area contributed by atoms with Crippen LogP contribution >= 0.6 is 0 Å². The SMILES string of the molecule is NS(=O)(=O)c1ccc2oc(C(=O)N3CCN(C(=O)C4CCCO4)CC3)cc2c1. The molecule has 2 aliphatic heterocycles. The average molecular weight is 407 g/mol. The zero-order valence-corrected chi connectivity index (χ0v) is 16.0. The van der Waals surface area contributed by atoms with Crippen LogP contribution in [0.2, 0.25) is 0 Å². The Morgan fingerprint density at radius 3 is 2.43 bits per heavy atom. The third-order valence-corrected chi connectivity index (χ3v) is 6.02. The van der Waals surface area contributed by atoms with E-state index >= 15 is 0 Å². The van der Waals surface area contributed by atoms with E-state index in [1.54, 1.807) is 9.80 Å². The molecule has 9 nitrogen and oxygen atoms in total. The Morgan fingerprint density at radius 2 is 1.79 bits per heavy atom. The van der Waals surface area contributed by atoms with Gasteiger partial charge >= 0.3 is 0 Å². The zero-order chi connectivity index (χ0) is 19.9. The molecule has 2 N–H and O–H groups in total. The molecule has 0 radical (unpaired) electrons. The number of piperazine rings is 1. The van der Waals surface area contributed by atoms with E-state index in [2.05, 4.69) is 0 Å². The number of ether oxygens (including phenoxy) is 1. The van der Waals surface area contributed by atoms with Gasteiger partial charge in [-0.05, 0) is 37.1 Å². The molecule has 4 rings (SSSR count). The second kappa shape index (κ2) is 7.19. The molecule has 2 amide bonds. The molecule has 2 aliphatic rings. The predicted octanol–water partition coefficient (Wildman–Crippen LogP) is 0.544. The van der Waals surface area contributed by atoms with Gasteiger partial charge in [-0.3, -0.25) is 9.59 Å². The molecule has 10 heteroatoms. The van der Waals surface area contributed by atoms with Crippen LogP contribution in [-0.4, -0.2) is 68.9 Å². The number of hydrogen-bond acceptors (Lipinski definition) is 6. The van der Waals surface area contributed by atoms with E-state index in [-0.39, 0.29) is 28.6 Å². The van der Waals surface area contributed by atoms with Crippen LogP contribution in [0.5, 0.6) is 0 Å². The van der Waals surface area contributed by atoms with Crippen molar-refractivity contribution >= 4 is 32.8 Å². The maximum Gasteiger partial charge on any atom is 0.289 e. The molecule has 3 heterocycles. The van der Waals surface area contributed by atoms with Crippen LogP contribution in [0, 0.1) is 0 Å². The van der Waals surface area contributed by atoms with Crippen molar-refractivity contribution in [2.24, 2.45) is 5.14 Å². The van der Waals surface area contributed by atoms with Crippen LogP contribution in [0.4, 0.5) is 0 Å². The maximum absolute atomic E-state index is 12.7. The number of amides is 2. The highest BCUT2D eigenvalue weighted by Gasteiger charge is 2.32. The van der Waals surface area contributed by atoms with Crippen molar-refractivity contribution in [3.8, 4) is 0 Å². The van der Waals surface area contributed by atoms with Gasteiger partial charge in [-0.1, -0.05) is 0 Å². The first-order valence-electron chi connectivity index (χ1n) is 9.09. The van der Waals surface area contributed by atoms with Crippen molar-refractivity contribution < 1.29 is 27.2 Å². The first kappa shape index (κ1) is 18.9. The molecule has 1 unspecified atom stereocenters. The summed E-state index contributed by atoms with van der Waals surface area (Å²) in [5, 5.41) is 5.63. The molecule has 0 spiro atoms. The van der Waals surface area contributed by atoms with Gasteiger partial charge < -0.3 is 19.0 Å². The largest absolute Gasteiger partial charge is 0.451 e. The number of hydrogen-bond donors (Lipinski definition) is 1. The Bertz CT molecular complexity index is 1020. The van der Waals surface area contributed by atoms with Gasteiger partial charge in [0, 0.05) is 38.2 Å². The van der Waals surface area contributed by atoms with E-state index in [0.717, 1.165) is 12.8 Å². The van der Waals surface area contributed by atoms with E-state index in [0.29, 0.717) is 43.8 Å². The molecule has 2 saturated heterocycles. The van der Waals surface area contributed by atoms with Gasteiger partial charge in [0.15, 0.2) is 5.76 Å². The van der Waals surface area contributed by atoms with Crippen molar-refractivity contribution in [2.45, 2.75) is 23.8 Å². The minimum atomic E-state index is -3.83. The van der Waals surface area contributed by atoms with Gasteiger partial charge in [0.2, 0.25) is 10.0 Å². The van der Waals surface area contributed by atoms with Crippen LogP contribution in [-0.2, 0) is 19.6 Å². The molecular weight excluding hydrogens is 386 g/mol. The fourth-order valence-electron chi connectivity index (χ4n) is 3.57. The fraction of sp³-hybridized carbons (Fsp3) is 0.444. The smallest absolute Gasteiger partial charge is 0.289 e. The molecule has 0 saturated carbocycles. The highest BCUT2D eigenvalue weighted by Crippen LogP contribution is 2.24. The van der Waals surface area contributed by atoms with Crippen LogP contribution in [0.3, 0.4) is 0 Å². The molecule has 28 heavy (non-hydrogen) atoms. The Kier molecular flexibility index (Phi) is 4.86. The first-order valence-corrected chi connectivity index (χ1v) is 10.6. The Hall–Kier alpha value is -2.43. The Labute approximate surface area is 162 Å². The van der Waals surface area contributed by atoms with Crippen molar-refractivity contribution in [3.05, 3.63) is 30.0 Å². The van der Waals surface area contributed by atoms with E-state index in [1.807, 2.05) is 0 Å². The van der Waals surface area contributed by atoms with Crippen LogP contribution in [0.1, 0.15) is 23.4 Å². The summed E-state index contributed by atoms with van der Waals surface area (Å²) in [5.74, 6) is -0.179. The molecular formula is C18H21N3O6S. The number of carbonyl (C=O) groups excluding carboxylic acids is 2. The third-order valence-electron chi connectivity index (χ3n) is 5.11. The highest BCUT2D eigenvalue weighted by molar-refractivity contribution is 7.89. The lowest BCUT2D eigenvalue weighted by Crippen LogP contribution is -2.52. The molecule has 2 fully saturated rings. The van der Waals surface area contributed by atoms with E-state index in [1.165, 1.54) is 24.3 Å². The summed E-state index contributed by atoms with van der Waals surface area (Å²) in [6, 6.07) is 5.70. The lowest BCUT2D eigenvalue weighted by molar-refractivity contribution is -0.142. The minimum Gasteiger partial charge on any atom is -0.451 e. The lowest BCUT2D eigenvalue weighted by atomic mass is 10.2. The van der Waals surface area contributed by atoms with E-state index in [4.69, 9.17) is 14.3 Å². The molecule has 1 atom stereocenters. The Morgan fingerprint density at radius 1 is 1.07 bits per heavy atom. The number of sulfonamides is 1.